The van der Waals surface area contributed by atoms with Crippen LogP contribution >= 0.6 is 11.6 Å². The molecule has 2 heterocycles. The molecule has 0 spiro atoms. The number of H-pyrrole nitrogens is 1. The van der Waals surface area contributed by atoms with Crippen molar-refractivity contribution in [3.05, 3.63) is 87.4 Å². The molecule has 4 rings (SSSR count). The molecule has 0 aliphatic carbocycles. The van der Waals surface area contributed by atoms with Crippen LogP contribution < -0.4 is 5.32 Å². The number of halogens is 2. The number of amides is 2. The van der Waals surface area contributed by atoms with Gasteiger partial charge in [0.25, 0.3) is 5.91 Å². The highest BCUT2D eigenvalue weighted by molar-refractivity contribution is 6.30. The van der Waals surface area contributed by atoms with Crippen LogP contribution in [0.4, 0.5) is 4.39 Å². The molecule has 0 radical (unpaired) electrons. The van der Waals surface area contributed by atoms with E-state index in [2.05, 4.69) is 15.5 Å². The lowest BCUT2D eigenvalue weighted by atomic mass is 10.0. The summed E-state index contributed by atoms with van der Waals surface area (Å²) >= 11 is 6.00. The number of aromatic nitrogens is 2. The predicted molar refractivity (Wildman–Crippen MR) is 110 cm³/mol. The molecule has 1 aliphatic heterocycles. The zero-order valence-corrected chi connectivity index (χ0v) is 16.9. The Morgan fingerprint density at radius 2 is 1.97 bits per heavy atom. The van der Waals surface area contributed by atoms with Crippen LogP contribution in [-0.2, 0) is 30.7 Å². The molecule has 0 fully saturated rings. The van der Waals surface area contributed by atoms with Crippen LogP contribution in [0.5, 0.6) is 0 Å². The number of carbonyl (C=O) groups excluding carboxylic acids is 2. The highest BCUT2D eigenvalue weighted by Crippen LogP contribution is 2.22. The average Bonchev–Trinajstić information content (AvgIpc) is 3.16. The van der Waals surface area contributed by atoms with Crippen molar-refractivity contribution in [2.45, 2.75) is 25.9 Å². The van der Waals surface area contributed by atoms with Gasteiger partial charge in [0.1, 0.15) is 5.82 Å². The summed E-state index contributed by atoms with van der Waals surface area (Å²) in [6.07, 6.45) is 0.856. The third kappa shape index (κ3) is 4.52. The molecule has 1 aromatic heterocycles. The van der Waals surface area contributed by atoms with Gasteiger partial charge in [-0.2, -0.15) is 5.10 Å². The number of fused-ring (bicyclic) bond motifs is 1. The number of rotatable bonds is 5. The van der Waals surface area contributed by atoms with E-state index in [9.17, 15) is 14.0 Å². The van der Waals surface area contributed by atoms with Crippen LogP contribution in [0.25, 0.3) is 0 Å². The summed E-state index contributed by atoms with van der Waals surface area (Å²) in [6.45, 7) is 1.15. The zero-order valence-electron chi connectivity index (χ0n) is 16.1. The maximum Gasteiger partial charge on any atom is 0.272 e. The SMILES string of the molecule is O=C(NCc1ccc(F)cc1)c1n[nH]c2c1CN(C(=O)Cc1cccc(Cl)c1)CC2. The van der Waals surface area contributed by atoms with Crippen molar-refractivity contribution in [3.63, 3.8) is 0 Å². The van der Waals surface area contributed by atoms with Crippen LogP contribution in [0, 0.1) is 5.82 Å². The van der Waals surface area contributed by atoms with Crippen molar-refractivity contribution in [2.24, 2.45) is 0 Å². The Labute approximate surface area is 178 Å². The van der Waals surface area contributed by atoms with Gasteiger partial charge in [-0.25, -0.2) is 4.39 Å². The molecule has 1 aliphatic rings. The average molecular weight is 427 g/mol. The number of aromatic amines is 1. The predicted octanol–water partition coefficient (Wildman–Crippen LogP) is 3.26. The van der Waals surface area contributed by atoms with Gasteiger partial charge in [-0.15, -0.1) is 0 Å². The zero-order chi connectivity index (χ0) is 21.1. The fraction of sp³-hybridized carbons (Fsp3) is 0.227. The van der Waals surface area contributed by atoms with Gasteiger partial charge in [0.2, 0.25) is 5.91 Å². The Kier molecular flexibility index (Phi) is 5.81. The van der Waals surface area contributed by atoms with E-state index >= 15 is 0 Å². The monoisotopic (exact) mass is 426 g/mol. The van der Waals surface area contributed by atoms with Gasteiger partial charge in [0, 0.05) is 42.3 Å². The van der Waals surface area contributed by atoms with Crippen LogP contribution in [0.15, 0.2) is 48.5 Å². The van der Waals surface area contributed by atoms with Crippen LogP contribution in [0.2, 0.25) is 5.02 Å². The molecule has 0 saturated carbocycles. The molecule has 2 amide bonds. The van der Waals surface area contributed by atoms with Gasteiger partial charge in [-0.3, -0.25) is 14.7 Å². The summed E-state index contributed by atoms with van der Waals surface area (Å²) < 4.78 is 13.0. The lowest BCUT2D eigenvalue weighted by Gasteiger charge is -2.27. The Morgan fingerprint density at radius 1 is 1.17 bits per heavy atom. The molecule has 0 unspecified atom stereocenters. The second-order valence-electron chi connectivity index (χ2n) is 7.21. The van der Waals surface area contributed by atoms with Gasteiger partial charge in [0.05, 0.1) is 6.42 Å². The van der Waals surface area contributed by atoms with E-state index in [4.69, 9.17) is 11.6 Å². The summed E-state index contributed by atoms with van der Waals surface area (Å²) in [5, 5.41) is 10.5. The second-order valence-corrected chi connectivity index (χ2v) is 7.65. The summed E-state index contributed by atoms with van der Waals surface area (Å²) in [7, 11) is 0. The number of benzene rings is 2. The molecule has 2 aromatic carbocycles. The van der Waals surface area contributed by atoms with Crippen LogP contribution in [0.1, 0.15) is 32.9 Å². The molecule has 154 valence electrons. The minimum atomic E-state index is -0.332. The van der Waals surface area contributed by atoms with E-state index in [0.29, 0.717) is 24.5 Å². The maximum atomic E-state index is 13.0. The summed E-state index contributed by atoms with van der Waals surface area (Å²) in [6, 6.07) is 13.2. The summed E-state index contributed by atoms with van der Waals surface area (Å²) in [5.74, 6) is -0.684. The van der Waals surface area contributed by atoms with E-state index < -0.39 is 0 Å². The van der Waals surface area contributed by atoms with Crippen molar-refractivity contribution < 1.29 is 14.0 Å². The maximum absolute atomic E-state index is 13.0. The van der Waals surface area contributed by atoms with Gasteiger partial charge >= 0.3 is 0 Å². The molecule has 3 aromatic rings. The van der Waals surface area contributed by atoms with Crippen molar-refractivity contribution in [2.75, 3.05) is 6.54 Å². The van der Waals surface area contributed by atoms with Gasteiger partial charge in [-0.05, 0) is 35.4 Å². The number of hydrogen-bond donors (Lipinski definition) is 2. The van der Waals surface area contributed by atoms with Gasteiger partial charge < -0.3 is 10.2 Å². The molecule has 0 atom stereocenters. The Bertz CT molecular complexity index is 1080. The standard InChI is InChI=1S/C22H20ClFN4O2/c23-16-3-1-2-15(10-16)11-20(29)28-9-8-19-18(13-28)21(27-26-19)22(30)25-12-14-4-6-17(24)7-5-14/h1-7,10H,8-9,11-13H2,(H,25,30)(H,26,27). The van der Waals surface area contributed by atoms with E-state index in [1.54, 1.807) is 29.2 Å². The minimum absolute atomic E-state index is 0.0261. The van der Waals surface area contributed by atoms with Crippen molar-refractivity contribution in [3.8, 4) is 0 Å². The molecule has 8 heteroatoms. The van der Waals surface area contributed by atoms with Crippen molar-refractivity contribution in [1.82, 2.24) is 20.4 Å². The first kappa shape index (κ1) is 20.1. The summed E-state index contributed by atoms with van der Waals surface area (Å²) in [5.41, 5.74) is 3.52. The first-order valence-corrected chi connectivity index (χ1v) is 9.98. The van der Waals surface area contributed by atoms with E-state index in [-0.39, 0.29) is 36.3 Å². The van der Waals surface area contributed by atoms with Crippen molar-refractivity contribution >= 4 is 23.4 Å². The molecule has 0 bridgehead atoms. The fourth-order valence-electron chi connectivity index (χ4n) is 3.50. The highest BCUT2D eigenvalue weighted by Gasteiger charge is 2.27. The normalized spacial score (nSPS) is 13.1. The molecule has 0 saturated heterocycles. The first-order chi connectivity index (χ1) is 14.5. The van der Waals surface area contributed by atoms with Gasteiger partial charge in [0.15, 0.2) is 5.69 Å². The second kappa shape index (κ2) is 8.67. The lowest BCUT2D eigenvalue weighted by Crippen LogP contribution is -2.37. The minimum Gasteiger partial charge on any atom is -0.347 e. The Hall–Kier alpha value is -3.19. The largest absolute Gasteiger partial charge is 0.347 e. The number of carbonyl (C=O) groups is 2. The third-order valence-electron chi connectivity index (χ3n) is 5.11. The topological polar surface area (TPSA) is 78.1 Å². The van der Waals surface area contributed by atoms with Crippen LogP contribution in [0.3, 0.4) is 0 Å². The molecular formula is C22H20ClFN4O2. The first-order valence-electron chi connectivity index (χ1n) is 9.60. The smallest absolute Gasteiger partial charge is 0.272 e. The third-order valence-corrected chi connectivity index (χ3v) is 5.35. The number of hydrogen-bond acceptors (Lipinski definition) is 3. The molecule has 30 heavy (non-hydrogen) atoms. The van der Waals surface area contributed by atoms with Gasteiger partial charge in [-0.1, -0.05) is 35.9 Å². The molecule has 2 N–H and O–H groups in total. The number of nitrogens with zero attached hydrogens (tertiary/aromatic N) is 2. The Morgan fingerprint density at radius 3 is 2.73 bits per heavy atom. The lowest BCUT2D eigenvalue weighted by molar-refractivity contribution is -0.131. The fourth-order valence-corrected chi connectivity index (χ4v) is 3.71. The molecular weight excluding hydrogens is 407 g/mol. The summed E-state index contributed by atoms with van der Waals surface area (Å²) in [4.78, 5) is 27.1. The quantitative estimate of drug-likeness (QED) is 0.657. The van der Waals surface area contributed by atoms with E-state index in [1.165, 1.54) is 12.1 Å². The van der Waals surface area contributed by atoms with Crippen molar-refractivity contribution in [1.29, 1.82) is 0 Å². The van der Waals surface area contributed by atoms with Crippen LogP contribution in [-0.4, -0.2) is 33.5 Å². The highest BCUT2D eigenvalue weighted by atomic mass is 35.5. The molecule has 6 nitrogen and oxygen atoms in total. The Balaban J connectivity index is 1.42. The van der Waals surface area contributed by atoms with E-state index in [1.807, 2.05) is 12.1 Å². The number of nitrogens with one attached hydrogen (secondary N) is 2. The van der Waals surface area contributed by atoms with E-state index in [0.717, 1.165) is 22.4 Å².